The predicted molar refractivity (Wildman–Crippen MR) is 77.6 cm³/mol. The summed E-state index contributed by atoms with van der Waals surface area (Å²) in [5, 5.41) is 5.70. The maximum atomic E-state index is 3.55. The van der Waals surface area contributed by atoms with Gasteiger partial charge >= 0.3 is 0 Å². The average molecular weight is 254 g/mol. The van der Waals surface area contributed by atoms with E-state index in [2.05, 4.69) is 62.3 Å². The molecular weight excluding hydrogens is 228 g/mol. The molecule has 0 aliphatic heterocycles. The minimum absolute atomic E-state index is 0.214. The van der Waals surface area contributed by atoms with E-state index in [0.29, 0.717) is 6.04 Å². The molecule has 0 amide bonds. The molecule has 0 aromatic carbocycles. The van der Waals surface area contributed by atoms with Crippen LogP contribution in [0.4, 0.5) is 0 Å². The molecular formula is C14H26N2S. The molecule has 0 bridgehead atoms. The molecule has 1 heterocycles. The van der Waals surface area contributed by atoms with Gasteiger partial charge in [0.05, 0.1) is 0 Å². The Morgan fingerprint density at radius 2 is 2.06 bits per heavy atom. The second-order valence-corrected chi connectivity index (χ2v) is 6.85. The van der Waals surface area contributed by atoms with E-state index in [1.165, 1.54) is 4.88 Å². The summed E-state index contributed by atoms with van der Waals surface area (Å²) in [6.07, 6.45) is 0. The first-order chi connectivity index (χ1) is 7.88. The number of nitrogens with one attached hydrogen (secondary N) is 1. The molecule has 0 aliphatic rings. The van der Waals surface area contributed by atoms with Crippen molar-refractivity contribution < 1.29 is 0 Å². The molecule has 0 fully saturated rings. The molecule has 0 unspecified atom stereocenters. The Morgan fingerprint density at radius 3 is 2.53 bits per heavy atom. The lowest BCUT2D eigenvalue weighted by Gasteiger charge is -2.28. The first-order valence-electron chi connectivity index (χ1n) is 6.40. The number of thiophene rings is 1. The van der Waals surface area contributed by atoms with Gasteiger partial charge in [-0.1, -0.05) is 6.07 Å². The Kier molecular flexibility index (Phi) is 5.63. The van der Waals surface area contributed by atoms with E-state index in [9.17, 15) is 0 Å². The first-order valence-corrected chi connectivity index (χ1v) is 7.28. The van der Waals surface area contributed by atoms with Gasteiger partial charge in [-0.05, 0) is 46.1 Å². The van der Waals surface area contributed by atoms with Gasteiger partial charge in [0, 0.05) is 36.1 Å². The highest BCUT2D eigenvalue weighted by atomic mass is 32.1. The summed E-state index contributed by atoms with van der Waals surface area (Å²) in [4.78, 5) is 3.97. The summed E-state index contributed by atoms with van der Waals surface area (Å²) in [5.74, 6) is 0. The minimum atomic E-state index is 0.214. The van der Waals surface area contributed by atoms with E-state index in [0.717, 1.165) is 19.6 Å². The Hall–Kier alpha value is -0.380. The summed E-state index contributed by atoms with van der Waals surface area (Å²) < 4.78 is 0. The summed E-state index contributed by atoms with van der Waals surface area (Å²) in [7, 11) is 0. The summed E-state index contributed by atoms with van der Waals surface area (Å²) in [6.45, 7) is 14.4. The second kappa shape index (κ2) is 6.53. The molecule has 1 aromatic heterocycles. The smallest absolute Gasteiger partial charge is 0.0331 e. The maximum absolute atomic E-state index is 3.55. The third-order valence-corrected chi connectivity index (χ3v) is 3.58. The van der Waals surface area contributed by atoms with Crippen LogP contribution in [0, 0.1) is 0 Å². The van der Waals surface area contributed by atoms with Crippen LogP contribution in [0.2, 0.25) is 0 Å². The van der Waals surface area contributed by atoms with E-state index in [4.69, 9.17) is 0 Å². The zero-order valence-electron chi connectivity index (χ0n) is 11.8. The van der Waals surface area contributed by atoms with Gasteiger partial charge in [0.25, 0.3) is 0 Å². The van der Waals surface area contributed by atoms with E-state index in [-0.39, 0.29) is 5.54 Å². The second-order valence-electron chi connectivity index (χ2n) is 5.82. The Bertz CT molecular complexity index is 299. The van der Waals surface area contributed by atoms with E-state index < -0.39 is 0 Å². The van der Waals surface area contributed by atoms with Crippen LogP contribution in [-0.2, 0) is 6.54 Å². The van der Waals surface area contributed by atoms with E-state index in [1.807, 2.05) is 11.3 Å². The quantitative estimate of drug-likeness (QED) is 0.837. The topological polar surface area (TPSA) is 15.3 Å². The lowest BCUT2D eigenvalue weighted by Crippen LogP contribution is -2.42. The molecule has 0 atom stereocenters. The van der Waals surface area contributed by atoms with Gasteiger partial charge in [0.2, 0.25) is 0 Å². The Morgan fingerprint density at radius 1 is 1.35 bits per heavy atom. The molecule has 0 saturated carbocycles. The van der Waals surface area contributed by atoms with Gasteiger partial charge in [-0.2, -0.15) is 0 Å². The molecule has 98 valence electrons. The highest BCUT2D eigenvalue weighted by molar-refractivity contribution is 7.09. The summed E-state index contributed by atoms with van der Waals surface area (Å²) >= 11 is 1.85. The lowest BCUT2D eigenvalue weighted by molar-refractivity contribution is 0.208. The highest BCUT2D eigenvalue weighted by Crippen LogP contribution is 2.13. The molecule has 0 spiro atoms. The van der Waals surface area contributed by atoms with Gasteiger partial charge in [-0.15, -0.1) is 11.3 Å². The summed E-state index contributed by atoms with van der Waals surface area (Å²) in [5.41, 5.74) is 0.214. The van der Waals surface area contributed by atoms with Crippen molar-refractivity contribution in [2.75, 3.05) is 13.1 Å². The Balaban J connectivity index is 2.39. The fourth-order valence-corrected chi connectivity index (χ4v) is 2.43. The van der Waals surface area contributed by atoms with Crippen molar-refractivity contribution in [1.29, 1.82) is 0 Å². The molecule has 17 heavy (non-hydrogen) atoms. The molecule has 1 aromatic rings. The van der Waals surface area contributed by atoms with E-state index in [1.54, 1.807) is 0 Å². The van der Waals surface area contributed by atoms with Crippen molar-refractivity contribution in [2.45, 2.75) is 52.7 Å². The summed E-state index contributed by atoms with van der Waals surface area (Å²) in [6, 6.07) is 4.95. The molecule has 2 nitrogen and oxygen atoms in total. The molecule has 1 N–H and O–H groups in total. The van der Waals surface area contributed by atoms with Crippen LogP contribution in [0.15, 0.2) is 17.5 Å². The number of rotatable bonds is 6. The van der Waals surface area contributed by atoms with Crippen LogP contribution in [0.3, 0.4) is 0 Å². The number of hydrogen-bond donors (Lipinski definition) is 1. The van der Waals surface area contributed by atoms with E-state index >= 15 is 0 Å². The molecule has 0 saturated heterocycles. The van der Waals surface area contributed by atoms with Crippen molar-refractivity contribution in [3.63, 3.8) is 0 Å². The Labute approximate surface area is 110 Å². The lowest BCUT2D eigenvalue weighted by atomic mass is 10.1. The first kappa shape index (κ1) is 14.7. The number of nitrogens with zero attached hydrogens (tertiary/aromatic N) is 1. The van der Waals surface area contributed by atoms with Crippen LogP contribution in [0.5, 0.6) is 0 Å². The standard InChI is InChI=1S/C14H26N2S/c1-12(2)16(9-8-15-14(3,4)5)11-13-7-6-10-17-13/h6-7,10,12,15H,8-9,11H2,1-5H3. The van der Waals surface area contributed by atoms with Gasteiger partial charge in [0.15, 0.2) is 0 Å². The normalized spacial score (nSPS) is 12.6. The SMILES string of the molecule is CC(C)N(CCNC(C)(C)C)Cc1cccs1. The zero-order valence-corrected chi connectivity index (χ0v) is 12.6. The molecule has 0 radical (unpaired) electrons. The fraction of sp³-hybridized carbons (Fsp3) is 0.714. The highest BCUT2D eigenvalue weighted by Gasteiger charge is 2.13. The number of hydrogen-bond acceptors (Lipinski definition) is 3. The van der Waals surface area contributed by atoms with Crippen molar-refractivity contribution in [3.05, 3.63) is 22.4 Å². The maximum Gasteiger partial charge on any atom is 0.0331 e. The van der Waals surface area contributed by atoms with Gasteiger partial charge in [0.1, 0.15) is 0 Å². The predicted octanol–water partition coefficient (Wildman–Crippen LogP) is 3.35. The monoisotopic (exact) mass is 254 g/mol. The van der Waals surface area contributed by atoms with Gasteiger partial charge in [-0.25, -0.2) is 0 Å². The van der Waals surface area contributed by atoms with Crippen molar-refractivity contribution in [1.82, 2.24) is 10.2 Å². The van der Waals surface area contributed by atoms with Gasteiger partial charge < -0.3 is 5.32 Å². The largest absolute Gasteiger partial charge is 0.311 e. The van der Waals surface area contributed by atoms with Gasteiger partial charge in [-0.3, -0.25) is 4.90 Å². The minimum Gasteiger partial charge on any atom is -0.311 e. The average Bonchev–Trinajstić information content (AvgIpc) is 2.66. The van der Waals surface area contributed by atoms with Crippen LogP contribution >= 0.6 is 11.3 Å². The molecule has 3 heteroatoms. The third kappa shape index (κ3) is 6.20. The zero-order chi connectivity index (χ0) is 12.9. The van der Waals surface area contributed by atoms with Crippen molar-refractivity contribution in [3.8, 4) is 0 Å². The van der Waals surface area contributed by atoms with Crippen LogP contribution in [-0.4, -0.2) is 29.6 Å². The third-order valence-electron chi connectivity index (χ3n) is 2.72. The molecule has 0 aliphatic carbocycles. The fourth-order valence-electron chi connectivity index (χ4n) is 1.70. The van der Waals surface area contributed by atoms with Crippen molar-refractivity contribution >= 4 is 11.3 Å². The molecule has 1 rings (SSSR count). The van der Waals surface area contributed by atoms with Crippen LogP contribution < -0.4 is 5.32 Å². The van der Waals surface area contributed by atoms with Crippen LogP contribution in [0.1, 0.15) is 39.5 Å². The van der Waals surface area contributed by atoms with Crippen molar-refractivity contribution in [2.24, 2.45) is 0 Å². The van der Waals surface area contributed by atoms with Crippen LogP contribution in [0.25, 0.3) is 0 Å².